The van der Waals surface area contributed by atoms with Gasteiger partial charge in [-0.05, 0) is 18.6 Å². The second kappa shape index (κ2) is 4.56. The number of sulfone groups is 1. The molecule has 1 saturated heterocycles. The van der Waals surface area contributed by atoms with E-state index in [9.17, 15) is 8.42 Å². The minimum absolute atomic E-state index is 0.0000203. The highest BCUT2D eigenvalue weighted by Gasteiger charge is 2.30. The lowest BCUT2D eigenvalue weighted by molar-refractivity contribution is 0.601. The first-order chi connectivity index (χ1) is 8.39. The van der Waals surface area contributed by atoms with E-state index in [0.717, 1.165) is 5.69 Å². The number of nitrogens with two attached hydrogens (primary N) is 1. The van der Waals surface area contributed by atoms with E-state index in [1.165, 1.54) is 0 Å². The van der Waals surface area contributed by atoms with Gasteiger partial charge in [-0.2, -0.15) is 0 Å². The van der Waals surface area contributed by atoms with Gasteiger partial charge in [0.1, 0.15) is 11.5 Å². The maximum absolute atomic E-state index is 11.4. The summed E-state index contributed by atoms with van der Waals surface area (Å²) >= 11 is 0. The van der Waals surface area contributed by atoms with Gasteiger partial charge in [0.15, 0.2) is 9.84 Å². The average Bonchev–Trinajstić information content (AvgIpc) is 2.69. The monoisotopic (exact) mass is 268 g/mol. The third-order valence-electron chi connectivity index (χ3n) is 3.19. The van der Waals surface area contributed by atoms with Crippen molar-refractivity contribution in [3.8, 4) is 0 Å². The van der Waals surface area contributed by atoms with Crippen LogP contribution in [0.4, 0.5) is 5.69 Å². The lowest BCUT2D eigenvalue weighted by atomic mass is 10.2. The van der Waals surface area contributed by atoms with Crippen LogP contribution in [-0.4, -0.2) is 43.8 Å². The Morgan fingerprint density at radius 2 is 2.28 bits per heavy atom. The maximum atomic E-state index is 11.4. The molecule has 18 heavy (non-hydrogen) atoms. The molecule has 0 aromatic carbocycles. The summed E-state index contributed by atoms with van der Waals surface area (Å²) in [5.74, 6) is 0.367. The average molecular weight is 268 g/mol. The molecule has 98 valence electrons. The Morgan fingerprint density at radius 1 is 1.56 bits per heavy atom. The van der Waals surface area contributed by atoms with E-state index in [-0.39, 0.29) is 23.4 Å². The molecule has 1 fully saturated rings. The van der Waals surface area contributed by atoms with E-state index in [2.05, 4.69) is 4.98 Å². The molecule has 7 heteroatoms. The first-order valence-corrected chi connectivity index (χ1v) is 7.45. The predicted molar refractivity (Wildman–Crippen MR) is 70.7 cm³/mol. The third kappa shape index (κ3) is 2.61. The Morgan fingerprint density at radius 3 is 2.72 bits per heavy atom. The Labute approximate surface area is 106 Å². The van der Waals surface area contributed by atoms with Crippen molar-refractivity contribution in [1.29, 1.82) is 5.41 Å². The number of rotatable bonds is 3. The minimum atomic E-state index is -2.89. The number of hydrogen-bond acceptors (Lipinski definition) is 5. The minimum Gasteiger partial charge on any atom is -0.382 e. The summed E-state index contributed by atoms with van der Waals surface area (Å²) in [4.78, 5) is 5.98. The number of pyridine rings is 1. The molecule has 1 aliphatic rings. The van der Waals surface area contributed by atoms with Crippen LogP contribution in [0, 0.1) is 5.41 Å². The Hall–Kier alpha value is -1.63. The Balaban J connectivity index is 2.14. The smallest absolute Gasteiger partial charge is 0.152 e. The molecule has 0 saturated carbocycles. The van der Waals surface area contributed by atoms with Crippen molar-refractivity contribution in [2.75, 3.05) is 23.5 Å². The Bertz CT molecular complexity index is 553. The van der Waals surface area contributed by atoms with Crippen LogP contribution in [0.15, 0.2) is 18.3 Å². The van der Waals surface area contributed by atoms with Crippen molar-refractivity contribution in [2.24, 2.45) is 5.73 Å². The van der Waals surface area contributed by atoms with Crippen molar-refractivity contribution >= 4 is 21.4 Å². The standard InChI is InChI=1S/C11H16N4O2S/c1-15(9-4-5-18(16,17)7-9)8-2-3-10(11(12)13)14-6-8/h2-3,6,9H,4-5,7H2,1H3,(H3,12,13). The van der Waals surface area contributed by atoms with Gasteiger partial charge in [0.2, 0.25) is 0 Å². The van der Waals surface area contributed by atoms with Gasteiger partial charge in [-0.1, -0.05) is 0 Å². The van der Waals surface area contributed by atoms with E-state index in [4.69, 9.17) is 11.1 Å². The van der Waals surface area contributed by atoms with Gasteiger partial charge in [0.25, 0.3) is 0 Å². The van der Waals surface area contributed by atoms with E-state index in [1.54, 1.807) is 18.3 Å². The van der Waals surface area contributed by atoms with Crippen LogP contribution >= 0.6 is 0 Å². The first-order valence-electron chi connectivity index (χ1n) is 5.63. The second-order valence-corrected chi connectivity index (χ2v) is 6.71. The fourth-order valence-electron chi connectivity index (χ4n) is 2.05. The van der Waals surface area contributed by atoms with Gasteiger partial charge in [-0.3, -0.25) is 10.4 Å². The molecule has 0 bridgehead atoms. The number of amidine groups is 1. The van der Waals surface area contributed by atoms with Crippen LogP contribution in [0.3, 0.4) is 0 Å². The third-order valence-corrected chi connectivity index (χ3v) is 4.94. The number of anilines is 1. The van der Waals surface area contributed by atoms with E-state index < -0.39 is 9.84 Å². The number of aromatic nitrogens is 1. The van der Waals surface area contributed by atoms with Crippen LogP contribution in [0.25, 0.3) is 0 Å². The second-order valence-electron chi connectivity index (χ2n) is 4.48. The number of nitrogens with one attached hydrogen (secondary N) is 1. The molecule has 0 aliphatic carbocycles. The van der Waals surface area contributed by atoms with Crippen LogP contribution in [0.2, 0.25) is 0 Å². The molecule has 2 heterocycles. The molecule has 6 nitrogen and oxygen atoms in total. The Kier molecular flexibility index (Phi) is 3.25. The molecule has 1 aromatic heterocycles. The molecular weight excluding hydrogens is 252 g/mol. The fraction of sp³-hybridized carbons (Fsp3) is 0.455. The summed E-state index contributed by atoms with van der Waals surface area (Å²) in [5.41, 5.74) is 6.58. The molecule has 3 N–H and O–H groups in total. The molecule has 0 spiro atoms. The van der Waals surface area contributed by atoms with Crippen LogP contribution < -0.4 is 10.6 Å². The molecule has 1 atom stereocenters. The van der Waals surface area contributed by atoms with Crippen LogP contribution in [0.1, 0.15) is 12.1 Å². The van der Waals surface area contributed by atoms with Crippen LogP contribution in [0.5, 0.6) is 0 Å². The van der Waals surface area contributed by atoms with Gasteiger partial charge in [-0.25, -0.2) is 8.42 Å². The molecule has 1 aliphatic heterocycles. The van der Waals surface area contributed by atoms with Gasteiger partial charge < -0.3 is 10.6 Å². The molecule has 1 aromatic rings. The van der Waals surface area contributed by atoms with E-state index in [1.807, 2.05) is 11.9 Å². The van der Waals surface area contributed by atoms with Crippen molar-refractivity contribution in [3.63, 3.8) is 0 Å². The molecule has 2 rings (SSSR count). The highest BCUT2D eigenvalue weighted by molar-refractivity contribution is 7.91. The molecule has 1 unspecified atom stereocenters. The quantitative estimate of drug-likeness (QED) is 0.593. The van der Waals surface area contributed by atoms with Crippen molar-refractivity contribution < 1.29 is 8.42 Å². The van der Waals surface area contributed by atoms with Crippen molar-refractivity contribution in [2.45, 2.75) is 12.5 Å². The summed E-state index contributed by atoms with van der Waals surface area (Å²) in [6.07, 6.45) is 2.26. The number of nitrogen functional groups attached to an aromatic ring is 1. The van der Waals surface area contributed by atoms with E-state index >= 15 is 0 Å². The largest absolute Gasteiger partial charge is 0.382 e. The van der Waals surface area contributed by atoms with Gasteiger partial charge in [-0.15, -0.1) is 0 Å². The summed E-state index contributed by atoms with van der Waals surface area (Å²) in [7, 11) is -1.03. The summed E-state index contributed by atoms with van der Waals surface area (Å²) < 4.78 is 22.9. The predicted octanol–water partition coefficient (Wildman–Crippen LogP) is -0.0110. The number of hydrogen-bond donors (Lipinski definition) is 2. The summed E-state index contributed by atoms with van der Waals surface area (Å²) in [5, 5.41) is 7.25. The topological polar surface area (TPSA) is 100 Å². The number of nitrogens with zero attached hydrogens (tertiary/aromatic N) is 2. The summed E-state index contributed by atoms with van der Waals surface area (Å²) in [6.45, 7) is 0. The SMILES string of the molecule is CN(c1ccc(C(=N)N)nc1)C1CCS(=O)(=O)C1. The van der Waals surface area contributed by atoms with Gasteiger partial charge >= 0.3 is 0 Å². The normalized spacial score (nSPS) is 21.7. The zero-order chi connectivity index (χ0) is 13.3. The highest BCUT2D eigenvalue weighted by atomic mass is 32.2. The lowest BCUT2D eigenvalue weighted by Crippen LogP contribution is -2.32. The summed E-state index contributed by atoms with van der Waals surface area (Å²) in [6, 6.07) is 3.46. The van der Waals surface area contributed by atoms with Gasteiger partial charge in [0.05, 0.1) is 23.4 Å². The zero-order valence-electron chi connectivity index (χ0n) is 10.1. The highest BCUT2D eigenvalue weighted by Crippen LogP contribution is 2.22. The van der Waals surface area contributed by atoms with Crippen molar-refractivity contribution in [3.05, 3.63) is 24.0 Å². The first kappa shape index (κ1) is 12.8. The zero-order valence-corrected chi connectivity index (χ0v) is 10.9. The van der Waals surface area contributed by atoms with E-state index in [0.29, 0.717) is 12.1 Å². The fourth-order valence-corrected chi connectivity index (χ4v) is 3.82. The van der Waals surface area contributed by atoms with Crippen molar-refractivity contribution in [1.82, 2.24) is 4.98 Å². The lowest BCUT2D eigenvalue weighted by Gasteiger charge is -2.25. The van der Waals surface area contributed by atoms with Gasteiger partial charge in [0, 0.05) is 13.1 Å². The molecular formula is C11H16N4O2S. The molecule has 0 radical (unpaired) electrons. The van der Waals surface area contributed by atoms with Crippen LogP contribution in [-0.2, 0) is 9.84 Å². The maximum Gasteiger partial charge on any atom is 0.152 e. The molecule has 0 amide bonds.